The standard InChI is InChI=1S/C19H23NO3/c1-12-8-13(2)10-15(9-12)19(21)20-14(3)17-11-16(22-4)6-7-18(17)23-5/h6-11,14H,1-5H3,(H,20,21). The summed E-state index contributed by atoms with van der Waals surface area (Å²) >= 11 is 0. The number of aryl methyl sites for hydroxylation is 2. The third-order valence-electron chi connectivity index (χ3n) is 3.73. The zero-order valence-electron chi connectivity index (χ0n) is 14.3. The maximum absolute atomic E-state index is 12.5. The van der Waals surface area contributed by atoms with Gasteiger partial charge in [-0.2, -0.15) is 0 Å². The van der Waals surface area contributed by atoms with Crippen molar-refractivity contribution in [3.63, 3.8) is 0 Å². The molecule has 122 valence electrons. The van der Waals surface area contributed by atoms with Crippen molar-refractivity contribution in [3.05, 3.63) is 58.7 Å². The van der Waals surface area contributed by atoms with Crippen molar-refractivity contribution >= 4 is 5.91 Å². The average Bonchev–Trinajstić information content (AvgIpc) is 2.53. The molecule has 1 unspecified atom stereocenters. The fourth-order valence-electron chi connectivity index (χ4n) is 2.64. The molecule has 0 aliphatic rings. The van der Waals surface area contributed by atoms with Crippen LogP contribution in [0.2, 0.25) is 0 Å². The molecule has 0 aliphatic heterocycles. The number of hydrogen-bond donors (Lipinski definition) is 1. The molecule has 1 atom stereocenters. The Kier molecular flexibility index (Phi) is 5.27. The number of benzene rings is 2. The Balaban J connectivity index is 2.24. The highest BCUT2D eigenvalue weighted by Crippen LogP contribution is 2.29. The minimum Gasteiger partial charge on any atom is -0.497 e. The van der Waals surface area contributed by atoms with Crippen LogP contribution in [0.15, 0.2) is 36.4 Å². The lowest BCUT2D eigenvalue weighted by Crippen LogP contribution is -2.27. The Morgan fingerprint density at radius 3 is 2.22 bits per heavy atom. The number of methoxy groups -OCH3 is 2. The van der Waals surface area contributed by atoms with Gasteiger partial charge in [0.1, 0.15) is 11.5 Å². The van der Waals surface area contributed by atoms with Crippen LogP contribution in [0.25, 0.3) is 0 Å². The molecule has 2 aromatic carbocycles. The van der Waals surface area contributed by atoms with Crippen molar-refractivity contribution in [2.24, 2.45) is 0 Å². The summed E-state index contributed by atoms with van der Waals surface area (Å²) in [6.07, 6.45) is 0. The van der Waals surface area contributed by atoms with Gasteiger partial charge in [0.25, 0.3) is 5.91 Å². The summed E-state index contributed by atoms with van der Waals surface area (Å²) in [5, 5.41) is 3.02. The van der Waals surface area contributed by atoms with Crippen LogP contribution in [0.5, 0.6) is 11.5 Å². The van der Waals surface area contributed by atoms with E-state index in [4.69, 9.17) is 9.47 Å². The average molecular weight is 313 g/mol. The number of hydrogen-bond acceptors (Lipinski definition) is 3. The zero-order chi connectivity index (χ0) is 17.0. The van der Waals surface area contributed by atoms with Crippen LogP contribution < -0.4 is 14.8 Å². The van der Waals surface area contributed by atoms with E-state index in [9.17, 15) is 4.79 Å². The molecule has 2 aromatic rings. The molecule has 0 saturated heterocycles. The largest absolute Gasteiger partial charge is 0.497 e. The normalized spacial score (nSPS) is 11.7. The highest BCUT2D eigenvalue weighted by Gasteiger charge is 2.16. The molecule has 0 spiro atoms. The van der Waals surface area contributed by atoms with Gasteiger partial charge < -0.3 is 14.8 Å². The van der Waals surface area contributed by atoms with Crippen molar-refractivity contribution in [1.29, 1.82) is 0 Å². The van der Waals surface area contributed by atoms with Gasteiger partial charge in [-0.3, -0.25) is 4.79 Å². The summed E-state index contributed by atoms with van der Waals surface area (Å²) in [4.78, 5) is 12.5. The van der Waals surface area contributed by atoms with E-state index in [-0.39, 0.29) is 11.9 Å². The van der Waals surface area contributed by atoms with E-state index in [1.807, 2.05) is 57.2 Å². The molecular formula is C19H23NO3. The Hall–Kier alpha value is -2.49. The smallest absolute Gasteiger partial charge is 0.251 e. The fraction of sp³-hybridized carbons (Fsp3) is 0.316. The molecule has 0 heterocycles. The molecule has 1 N–H and O–H groups in total. The maximum atomic E-state index is 12.5. The summed E-state index contributed by atoms with van der Waals surface area (Å²) in [6.45, 7) is 5.90. The van der Waals surface area contributed by atoms with E-state index in [2.05, 4.69) is 5.32 Å². The summed E-state index contributed by atoms with van der Waals surface area (Å²) in [6, 6.07) is 11.2. The minimum atomic E-state index is -0.201. The molecule has 4 heteroatoms. The molecule has 1 amide bonds. The van der Waals surface area contributed by atoms with Crippen LogP contribution in [0.3, 0.4) is 0 Å². The van der Waals surface area contributed by atoms with E-state index in [0.717, 1.165) is 28.2 Å². The molecular weight excluding hydrogens is 290 g/mol. The van der Waals surface area contributed by atoms with E-state index in [0.29, 0.717) is 5.56 Å². The van der Waals surface area contributed by atoms with Gasteiger partial charge >= 0.3 is 0 Å². The monoisotopic (exact) mass is 313 g/mol. The van der Waals surface area contributed by atoms with Crippen molar-refractivity contribution < 1.29 is 14.3 Å². The van der Waals surface area contributed by atoms with Gasteiger partial charge in [-0.1, -0.05) is 17.2 Å². The third kappa shape index (κ3) is 4.03. The van der Waals surface area contributed by atoms with Crippen LogP contribution in [0.1, 0.15) is 40.0 Å². The second kappa shape index (κ2) is 7.18. The Labute approximate surface area is 137 Å². The number of amides is 1. The van der Waals surface area contributed by atoms with Crippen molar-refractivity contribution in [2.75, 3.05) is 14.2 Å². The lowest BCUT2D eigenvalue weighted by molar-refractivity contribution is 0.0939. The van der Waals surface area contributed by atoms with Gasteiger partial charge in [0.15, 0.2) is 0 Å². The van der Waals surface area contributed by atoms with Gasteiger partial charge in [0, 0.05) is 11.1 Å². The van der Waals surface area contributed by atoms with Crippen LogP contribution in [0, 0.1) is 13.8 Å². The Morgan fingerprint density at radius 2 is 1.65 bits per heavy atom. The third-order valence-corrected chi connectivity index (χ3v) is 3.73. The maximum Gasteiger partial charge on any atom is 0.251 e. The van der Waals surface area contributed by atoms with Crippen LogP contribution >= 0.6 is 0 Å². The lowest BCUT2D eigenvalue weighted by Gasteiger charge is -2.18. The second-order valence-corrected chi connectivity index (χ2v) is 5.68. The Morgan fingerprint density at radius 1 is 1.00 bits per heavy atom. The molecule has 0 aromatic heterocycles. The molecule has 4 nitrogen and oxygen atoms in total. The molecule has 23 heavy (non-hydrogen) atoms. The lowest BCUT2D eigenvalue weighted by atomic mass is 10.0. The predicted octanol–water partition coefficient (Wildman–Crippen LogP) is 3.81. The molecule has 0 aliphatic carbocycles. The van der Waals surface area contributed by atoms with E-state index >= 15 is 0 Å². The highest BCUT2D eigenvalue weighted by atomic mass is 16.5. The van der Waals surface area contributed by atoms with Gasteiger partial charge in [-0.15, -0.1) is 0 Å². The van der Waals surface area contributed by atoms with Crippen LogP contribution in [-0.2, 0) is 0 Å². The second-order valence-electron chi connectivity index (χ2n) is 5.68. The summed E-state index contributed by atoms with van der Waals surface area (Å²) in [7, 11) is 3.23. The van der Waals surface area contributed by atoms with Crippen molar-refractivity contribution in [1.82, 2.24) is 5.32 Å². The molecule has 0 fully saturated rings. The van der Waals surface area contributed by atoms with Crippen LogP contribution in [-0.4, -0.2) is 20.1 Å². The molecule has 0 saturated carbocycles. The highest BCUT2D eigenvalue weighted by molar-refractivity contribution is 5.94. The summed E-state index contributed by atoms with van der Waals surface area (Å²) < 4.78 is 10.6. The predicted molar refractivity (Wildman–Crippen MR) is 91.3 cm³/mol. The van der Waals surface area contributed by atoms with Gasteiger partial charge in [0.2, 0.25) is 0 Å². The van der Waals surface area contributed by atoms with E-state index in [1.165, 1.54) is 0 Å². The number of carbonyl (C=O) groups excluding carboxylic acids is 1. The molecule has 2 rings (SSSR count). The van der Waals surface area contributed by atoms with E-state index < -0.39 is 0 Å². The molecule has 0 radical (unpaired) electrons. The summed E-state index contributed by atoms with van der Waals surface area (Å²) in [5.74, 6) is 1.35. The molecule has 0 bridgehead atoms. The summed E-state index contributed by atoms with van der Waals surface area (Å²) in [5.41, 5.74) is 3.68. The number of rotatable bonds is 5. The zero-order valence-corrected chi connectivity index (χ0v) is 14.3. The van der Waals surface area contributed by atoms with Crippen molar-refractivity contribution in [2.45, 2.75) is 26.8 Å². The quantitative estimate of drug-likeness (QED) is 0.913. The fourth-order valence-corrected chi connectivity index (χ4v) is 2.64. The number of carbonyl (C=O) groups is 1. The van der Waals surface area contributed by atoms with E-state index in [1.54, 1.807) is 14.2 Å². The first kappa shape index (κ1) is 16.9. The SMILES string of the molecule is COc1ccc(OC)c(C(C)NC(=O)c2cc(C)cc(C)c2)c1. The first-order chi connectivity index (χ1) is 10.9. The first-order valence-corrected chi connectivity index (χ1v) is 7.55. The van der Waals surface area contributed by atoms with Crippen LogP contribution in [0.4, 0.5) is 0 Å². The number of ether oxygens (including phenoxy) is 2. The minimum absolute atomic E-state index is 0.103. The number of nitrogens with one attached hydrogen (secondary N) is 1. The Bertz CT molecular complexity index is 690. The first-order valence-electron chi connectivity index (χ1n) is 7.55. The van der Waals surface area contributed by atoms with Gasteiger partial charge in [-0.25, -0.2) is 0 Å². The van der Waals surface area contributed by atoms with Gasteiger partial charge in [0.05, 0.1) is 20.3 Å². The topological polar surface area (TPSA) is 47.6 Å². The van der Waals surface area contributed by atoms with Gasteiger partial charge in [-0.05, 0) is 51.1 Å². The van der Waals surface area contributed by atoms with Crippen molar-refractivity contribution in [3.8, 4) is 11.5 Å².